The minimum absolute atomic E-state index is 0.240. The van der Waals surface area contributed by atoms with E-state index >= 15 is 0 Å². The van der Waals surface area contributed by atoms with Gasteiger partial charge in [-0.1, -0.05) is 46.0 Å². The van der Waals surface area contributed by atoms with Gasteiger partial charge < -0.3 is 11.1 Å². The molecule has 0 spiro atoms. The summed E-state index contributed by atoms with van der Waals surface area (Å²) < 4.78 is 0. The fourth-order valence-corrected chi connectivity index (χ4v) is 4.09. The Hall–Kier alpha value is -0.570. The Labute approximate surface area is 124 Å². The SMILES string of the molecule is CC1(C)CCCC(NC(=O)C2(CN)CCCCCC2)C1. The Balaban J connectivity index is 1.98. The molecule has 1 amide bonds. The quantitative estimate of drug-likeness (QED) is 0.779. The smallest absolute Gasteiger partial charge is 0.227 e. The first-order chi connectivity index (χ1) is 9.47. The van der Waals surface area contributed by atoms with Crippen molar-refractivity contribution in [3.05, 3.63) is 0 Å². The summed E-state index contributed by atoms with van der Waals surface area (Å²) in [6.45, 7) is 5.14. The highest BCUT2D eigenvalue weighted by Gasteiger charge is 2.39. The van der Waals surface area contributed by atoms with Crippen LogP contribution < -0.4 is 11.1 Å². The average Bonchev–Trinajstić information content (AvgIpc) is 2.63. The first kappa shape index (κ1) is 15.8. The van der Waals surface area contributed by atoms with Crippen LogP contribution in [0.15, 0.2) is 0 Å². The van der Waals surface area contributed by atoms with Crippen molar-refractivity contribution >= 4 is 5.91 Å². The molecule has 2 rings (SSSR count). The van der Waals surface area contributed by atoms with Crippen LogP contribution in [-0.2, 0) is 4.79 Å². The van der Waals surface area contributed by atoms with Crippen molar-refractivity contribution in [2.45, 2.75) is 84.1 Å². The van der Waals surface area contributed by atoms with Crippen molar-refractivity contribution in [2.24, 2.45) is 16.6 Å². The van der Waals surface area contributed by atoms with Gasteiger partial charge in [0.05, 0.1) is 5.41 Å². The van der Waals surface area contributed by atoms with Crippen molar-refractivity contribution < 1.29 is 4.79 Å². The highest BCUT2D eigenvalue weighted by atomic mass is 16.2. The Kier molecular flexibility index (Phi) is 5.11. The van der Waals surface area contributed by atoms with Gasteiger partial charge in [0.25, 0.3) is 0 Å². The maximum Gasteiger partial charge on any atom is 0.227 e. The molecule has 0 aliphatic heterocycles. The highest BCUT2D eigenvalue weighted by Crippen LogP contribution is 2.37. The number of nitrogens with one attached hydrogen (secondary N) is 1. The van der Waals surface area contributed by atoms with Gasteiger partial charge in [0.15, 0.2) is 0 Å². The number of carbonyl (C=O) groups is 1. The summed E-state index contributed by atoms with van der Waals surface area (Å²) in [7, 11) is 0. The summed E-state index contributed by atoms with van der Waals surface area (Å²) in [5.74, 6) is 0.240. The molecule has 0 saturated heterocycles. The number of carbonyl (C=O) groups excluding carboxylic acids is 1. The molecule has 0 bridgehead atoms. The van der Waals surface area contributed by atoms with E-state index in [1.54, 1.807) is 0 Å². The molecule has 20 heavy (non-hydrogen) atoms. The molecule has 2 saturated carbocycles. The summed E-state index contributed by atoms with van der Waals surface area (Å²) in [5.41, 5.74) is 6.10. The first-order valence-corrected chi connectivity index (χ1v) is 8.49. The van der Waals surface area contributed by atoms with Gasteiger partial charge >= 0.3 is 0 Å². The molecule has 3 heteroatoms. The molecule has 3 nitrogen and oxygen atoms in total. The van der Waals surface area contributed by atoms with Gasteiger partial charge in [-0.15, -0.1) is 0 Å². The monoisotopic (exact) mass is 280 g/mol. The van der Waals surface area contributed by atoms with Gasteiger partial charge in [-0.25, -0.2) is 0 Å². The van der Waals surface area contributed by atoms with E-state index in [0.29, 0.717) is 18.0 Å². The van der Waals surface area contributed by atoms with Crippen LogP contribution in [0.3, 0.4) is 0 Å². The van der Waals surface area contributed by atoms with Crippen LogP contribution in [0.1, 0.15) is 78.1 Å². The van der Waals surface area contributed by atoms with Crippen LogP contribution in [0.2, 0.25) is 0 Å². The maximum absolute atomic E-state index is 12.8. The third-order valence-electron chi connectivity index (χ3n) is 5.47. The zero-order valence-electron chi connectivity index (χ0n) is 13.3. The van der Waals surface area contributed by atoms with E-state index in [9.17, 15) is 4.79 Å². The lowest BCUT2D eigenvalue weighted by atomic mass is 9.74. The summed E-state index contributed by atoms with van der Waals surface area (Å²) in [6.07, 6.45) is 11.5. The highest BCUT2D eigenvalue weighted by molar-refractivity contribution is 5.83. The number of amides is 1. The van der Waals surface area contributed by atoms with E-state index in [4.69, 9.17) is 5.73 Å². The molecule has 0 aromatic rings. The van der Waals surface area contributed by atoms with E-state index < -0.39 is 0 Å². The second-order valence-corrected chi connectivity index (χ2v) is 7.83. The van der Waals surface area contributed by atoms with Gasteiger partial charge in [-0.2, -0.15) is 0 Å². The predicted octanol–water partition coefficient (Wildman–Crippen LogP) is 3.37. The minimum Gasteiger partial charge on any atom is -0.353 e. The van der Waals surface area contributed by atoms with E-state index in [2.05, 4.69) is 19.2 Å². The summed E-state index contributed by atoms with van der Waals surface area (Å²) in [4.78, 5) is 12.8. The number of hydrogen-bond acceptors (Lipinski definition) is 2. The Morgan fingerprint density at radius 1 is 1.10 bits per heavy atom. The third-order valence-corrected chi connectivity index (χ3v) is 5.47. The Bertz CT molecular complexity index is 330. The van der Waals surface area contributed by atoms with Crippen LogP contribution in [0, 0.1) is 10.8 Å². The lowest BCUT2D eigenvalue weighted by Crippen LogP contribution is -2.50. The molecular formula is C17H32N2O. The van der Waals surface area contributed by atoms with Crippen LogP contribution >= 0.6 is 0 Å². The molecule has 3 N–H and O–H groups in total. The molecule has 0 aromatic carbocycles. The fraction of sp³-hybridized carbons (Fsp3) is 0.941. The Morgan fingerprint density at radius 2 is 1.75 bits per heavy atom. The van der Waals surface area contributed by atoms with Gasteiger partial charge in [-0.3, -0.25) is 4.79 Å². The van der Waals surface area contributed by atoms with E-state index in [1.165, 1.54) is 25.7 Å². The van der Waals surface area contributed by atoms with E-state index in [1.807, 2.05) is 0 Å². The topological polar surface area (TPSA) is 55.1 Å². The Morgan fingerprint density at radius 3 is 2.30 bits per heavy atom. The van der Waals surface area contributed by atoms with Gasteiger partial charge in [0.1, 0.15) is 0 Å². The molecule has 116 valence electrons. The third kappa shape index (κ3) is 3.75. The molecule has 1 atom stereocenters. The van der Waals surface area contributed by atoms with Crippen LogP contribution in [0.4, 0.5) is 0 Å². The summed E-state index contributed by atoms with van der Waals surface area (Å²) >= 11 is 0. The van der Waals surface area contributed by atoms with Crippen LogP contribution in [0.5, 0.6) is 0 Å². The zero-order valence-corrected chi connectivity index (χ0v) is 13.3. The molecule has 2 aliphatic carbocycles. The van der Waals surface area contributed by atoms with Crippen LogP contribution in [0.25, 0.3) is 0 Å². The van der Waals surface area contributed by atoms with Crippen molar-refractivity contribution in [3.63, 3.8) is 0 Å². The summed E-state index contributed by atoms with van der Waals surface area (Å²) in [6, 6.07) is 0.359. The predicted molar refractivity (Wildman–Crippen MR) is 83.4 cm³/mol. The largest absolute Gasteiger partial charge is 0.353 e. The number of hydrogen-bond donors (Lipinski definition) is 2. The normalized spacial score (nSPS) is 29.4. The van der Waals surface area contributed by atoms with Crippen LogP contribution in [-0.4, -0.2) is 18.5 Å². The molecular weight excluding hydrogens is 248 g/mol. The zero-order chi connectivity index (χ0) is 14.6. The lowest BCUT2D eigenvalue weighted by Gasteiger charge is -2.38. The van der Waals surface area contributed by atoms with Crippen molar-refractivity contribution in [2.75, 3.05) is 6.54 Å². The van der Waals surface area contributed by atoms with Gasteiger partial charge in [-0.05, 0) is 37.5 Å². The number of rotatable bonds is 3. The fourth-order valence-electron chi connectivity index (χ4n) is 4.09. The summed E-state index contributed by atoms with van der Waals surface area (Å²) in [5, 5.41) is 3.34. The van der Waals surface area contributed by atoms with E-state index in [-0.39, 0.29) is 11.3 Å². The average molecular weight is 280 g/mol. The number of nitrogens with two attached hydrogens (primary N) is 1. The standard InChI is InChI=1S/C17H32N2O/c1-16(2)9-7-8-14(12-16)19-15(20)17(13-18)10-5-3-4-6-11-17/h14H,3-13,18H2,1-2H3,(H,19,20). The first-order valence-electron chi connectivity index (χ1n) is 8.49. The minimum atomic E-state index is -0.280. The molecule has 1 unspecified atom stereocenters. The second kappa shape index (κ2) is 6.46. The van der Waals surface area contributed by atoms with Crippen molar-refractivity contribution in [1.82, 2.24) is 5.32 Å². The van der Waals surface area contributed by atoms with Gasteiger partial charge in [0.2, 0.25) is 5.91 Å². The van der Waals surface area contributed by atoms with Crippen molar-refractivity contribution in [1.29, 1.82) is 0 Å². The van der Waals surface area contributed by atoms with E-state index in [0.717, 1.165) is 38.5 Å². The molecule has 0 heterocycles. The van der Waals surface area contributed by atoms with Crippen molar-refractivity contribution in [3.8, 4) is 0 Å². The second-order valence-electron chi connectivity index (χ2n) is 7.83. The molecule has 2 fully saturated rings. The maximum atomic E-state index is 12.8. The van der Waals surface area contributed by atoms with Gasteiger partial charge in [0, 0.05) is 12.6 Å². The molecule has 2 aliphatic rings. The molecule has 0 radical (unpaired) electrons. The molecule has 0 aromatic heterocycles. The lowest BCUT2D eigenvalue weighted by molar-refractivity contribution is -0.132.